The number of carbonyl (C=O) groups excluding carboxylic acids is 2. The number of hydrogen-bond donors (Lipinski definition) is 2. The summed E-state index contributed by atoms with van der Waals surface area (Å²) in [6.07, 6.45) is 2.32. The van der Waals surface area contributed by atoms with Crippen molar-refractivity contribution in [2.24, 2.45) is 5.92 Å². The molecule has 1 aromatic carbocycles. The van der Waals surface area contributed by atoms with E-state index in [-0.39, 0.29) is 23.8 Å². The normalized spacial score (nSPS) is 16.0. The molecular weight excluding hydrogens is 418 g/mol. The number of amides is 1. The molecule has 0 aromatic heterocycles. The highest BCUT2D eigenvalue weighted by atomic mass is 35.5. The van der Waals surface area contributed by atoms with Crippen LogP contribution in [0.5, 0.6) is 0 Å². The Labute approximate surface area is 178 Å². The Morgan fingerprint density at radius 1 is 1.24 bits per heavy atom. The van der Waals surface area contributed by atoms with Gasteiger partial charge in [-0.1, -0.05) is 17.7 Å². The lowest BCUT2D eigenvalue weighted by Gasteiger charge is -2.27. The second-order valence-corrected chi connectivity index (χ2v) is 9.19. The zero-order chi connectivity index (χ0) is 20.7. The number of likely N-dealkylation sites (N-methyl/N-ethyl adjacent to an activating group) is 1. The minimum atomic E-state index is -3.79. The molecule has 1 aliphatic heterocycles. The van der Waals surface area contributed by atoms with Crippen molar-refractivity contribution in [2.45, 2.75) is 37.1 Å². The van der Waals surface area contributed by atoms with Gasteiger partial charge in [-0.25, -0.2) is 13.2 Å². The summed E-state index contributed by atoms with van der Waals surface area (Å²) >= 11 is 0. The zero-order valence-corrected chi connectivity index (χ0v) is 18.6. The van der Waals surface area contributed by atoms with E-state index in [2.05, 4.69) is 10.6 Å². The molecule has 1 amide bonds. The average molecular weight is 448 g/mol. The van der Waals surface area contributed by atoms with Gasteiger partial charge in [0.25, 0.3) is 0 Å². The Balaban J connectivity index is 0.00000420. The number of carbonyl (C=O) groups is 2. The minimum Gasteiger partial charge on any atom is -0.467 e. The summed E-state index contributed by atoms with van der Waals surface area (Å²) in [5.74, 6) is -0.752. The van der Waals surface area contributed by atoms with Crippen LogP contribution in [-0.2, 0) is 24.3 Å². The molecule has 0 aliphatic carbocycles. The minimum absolute atomic E-state index is 0. The molecule has 2 rings (SSSR count). The van der Waals surface area contributed by atoms with Crippen LogP contribution in [0.1, 0.15) is 24.8 Å². The molecule has 0 saturated carbocycles. The number of rotatable bonds is 8. The van der Waals surface area contributed by atoms with Crippen LogP contribution in [0.3, 0.4) is 0 Å². The van der Waals surface area contributed by atoms with E-state index in [9.17, 15) is 18.0 Å². The molecule has 1 fully saturated rings. The maximum Gasteiger partial charge on any atom is 0.328 e. The van der Waals surface area contributed by atoms with Crippen molar-refractivity contribution in [1.82, 2.24) is 14.9 Å². The summed E-state index contributed by atoms with van der Waals surface area (Å²) in [7, 11) is -1.17. The lowest BCUT2D eigenvalue weighted by molar-refractivity contribution is -0.145. The molecule has 1 unspecified atom stereocenters. The Hall–Kier alpha value is -1.68. The molecular formula is C19H30ClN3O5S. The lowest BCUT2D eigenvalue weighted by Crippen LogP contribution is -2.47. The third-order valence-electron chi connectivity index (χ3n) is 4.94. The molecule has 8 nitrogen and oxygen atoms in total. The van der Waals surface area contributed by atoms with Gasteiger partial charge in [0.1, 0.15) is 6.04 Å². The fourth-order valence-corrected chi connectivity index (χ4v) is 4.35. The van der Waals surface area contributed by atoms with Gasteiger partial charge in [-0.15, -0.1) is 12.4 Å². The highest BCUT2D eigenvalue weighted by molar-refractivity contribution is 7.89. The van der Waals surface area contributed by atoms with Gasteiger partial charge in [-0.05, 0) is 57.3 Å². The number of benzene rings is 1. The van der Waals surface area contributed by atoms with Crippen molar-refractivity contribution >= 4 is 34.3 Å². The van der Waals surface area contributed by atoms with Gasteiger partial charge < -0.3 is 15.4 Å². The van der Waals surface area contributed by atoms with E-state index in [1.165, 1.54) is 26.3 Å². The van der Waals surface area contributed by atoms with E-state index in [4.69, 9.17) is 4.74 Å². The molecule has 0 radical (unpaired) electrons. The van der Waals surface area contributed by atoms with Gasteiger partial charge in [0.15, 0.2) is 0 Å². The molecule has 2 N–H and O–H groups in total. The average Bonchev–Trinajstić information content (AvgIpc) is 2.67. The monoisotopic (exact) mass is 447 g/mol. The second-order valence-electron chi connectivity index (χ2n) is 7.15. The van der Waals surface area contributed by atoms with Gasteiger partial charge in [-0.2, -0.15) is 4.31 Å². The summed E-state index contributed by atoms with van der Waals surface area (Å²) in [4.78, 5) is 24.6. The molecule has 1 aromatic rings. The molecule has 1 aliphatic rings. The van der Waals surface area contributed by atoms with Gasteiger partial charge in [0, 0.05) is 7.05 Å². The molecule has 29 heavy (non-hydrogen) atoms. The summed E-state index contributed by atoms with van der Waals surface area (Å²) < 4.78 is 31.0. The van der Waals surface area contributed by atoms with Crippen molar-refractivity contribution in [2.75, 3.05) is 33.8 Å². The van der Waals surface area contributed by atoms with Crippen molar-refractivity contribution in [3.8, 4) is 0 Å². The third kappa shape index (κ3) is 7.26. The van der Waals surface area contributed by atoms with E-state index < -0.39 is 27.9 Å². The van der Waals surface area contributed by atoms with Gasteiger partial charge in [0.05, 0.1) is 18.6 Å². The number of methoxy groups -OCH3 is 1. The first kappa shape index (κ1) is 25.4. The Morgan fingerprint density at radius 2 is 1.83 bits per heavy atom. The van der Waals surface area contributed by atoms with Crippen LogP contribution in [0.2, 0.25) is 0 Å². The number of piperidine rings is 1. The van der Waals surface area contributed by atoms with Gasteiger partial charge in [0.2, 0.25) is 15.9 Å². The zero-order valence-electron chi connectivity index (χ0n) is 17.0. The second kappa shape index (κ2) is 11.5. The number of aryl methyl sites for hydroxylation is 1. The summed E-state index contributed by atoms with van der Waals surface area (Å²) in [5, 5.41) is 5.90. The van der Waals surface area contributed by atoms with Crippen LogP contribution >= 0.6 is 12.4 Å². The van der Waals surface area contributed by atoms with E-state index in [1.54, 1.807) is 12.1 Å². The smallest absolute Gasteiger partial charge is 0.328 e. The van der Waals surface area contributed by atoms with Crippen molar-refractivity contribution < 1.29 is 22.7 Å². The standard InChI is InChI=1S/C19H29N3O5S.ClH/c1-14-4-6-16(7-5-14)28(25,26)22(2)13-18(23)21-17(19(24)27-3)12-15-8-10-20-11-9-15;/h4-7,15,17,20H,8-13H2,1-3H3,(H,21,23);1H. The molecule has 1 atom stereocenters. The van der Waals surface area contributed by atoms with Crippen molar-refractivity contribution in [1.29, 1.82) is 0 Å². The van der Waals surface area contributed by atoms with Crippen LogP contribution in [0.15, 0.2) is 29.2 Å². The number of sulfonamides is 1. The van der Waals surface area contributed by atoms with Crippen LogP contribution < -0.4 is 10.6 Å². The largest absolute Gasteiger partial charge is 0.467 e. The van der Waals surface area contributed by atoms with Crippen LogP contribution in [-0.4, -0.2) is 64.4 Å². The highest BCUT2D eigenvalue weighted by Gasteiger charge is 2.28. The summed E-state index contributed by atoms with van der Waals surface area (Å²) in [6, 6.07) is 5.64. The number of halogens is 1. The Bertz CT molecular complexity index is 780. The highest BCUT2D eigenvalue weighted by Crippen LogP contribution is 2.19. The van der Waals surface area contributed by atoms with Crippen LogP contribution in [0, 0.1) is 12.8 Å². The van der Waals surface area contributed by atoms with Gasteiger partial charge in [-0.3, -0.25) is 4.79 Å². The Kier molecular flexibility index (Phi) is 10.0. The quantitative estimate of drug-likeness (QED) is 0.578. The predicted octanol–water partition coefficient (Wildman–Crippen LogP) is 1.08. The van der Waals surface area contributed by atoms with Gasteiger partial charge >= 0.3 is 5.97 Å². The number of nitrogens with one attached hydrogen (secondary N) is 2. The number of hydrogen-bond acceptors (Lipinski definition) is 6. The van der Waals surface area contributed by atoms with E-state index in [0.29, 0.717) is 12.3 Å². The lowest BCUT2D eigenvalue weighted by atomic mass is 9.91. The Morgan fingerprint density at radius 3 is 2.38 bits per heavy atom. The first-order valence-corrected chi connectivity index (χ1v) is 10.8. The molecule has 1 saturated heterocycles. The number of esters is 1. The maximum absolute atomic E-state index is 12.6. The SMILES string of the molecule is COC(=O)C(CC1CCNCC1)NC(=O)CN(C)S(=O)(=O)c1ccc(C)cc1.Cl. The van der Waals surface area contributed by atoms with Crippen molar-refractivity contribution in [3.05, 3.63) is 29.8 Å². The summed E-state index contributed by atoms with van der Waals surface area (Å²) in [5.41, 5.74) is 0.943. The number of nitrogens with zero attached hydrogens (tertiary/aromatic N) is 1. The van der Waals surface area contributed by atoms with Crippen molar-refractivity contribution in [3.63, 3.8) is 0 Å². The first-order chi connectivity index (χ1) is 13.2. The topological polar surface area (TPSA) is 105 Å². The molecule has 10 heteroatoms. The maximum atomic E-state index is 12.6. The van der Waals surface area contributed by atoms with E-state index in [0.717, 1.165) is 35.8 Å². The number of ether oxygens (including phenoxy) is 1. The summed E-state index contributed by atoms with van der Waals surface area (Å²) in [6.45, 7) is 3.24. The van der Waals surface area contributed by atoms with E-state index in [1.807, 2.05) is 6.92 Å². The van der Waals surface area contributed by atoms with Crippen LogP contribution in [0.25, 0.3) is 0 Å². The van der Waals surface area contributed by atoms with E-state index >= 15 is 0 Å². The predicted molar refractivity (Wildman–Crippen MR) is 112 cm³/mol. The third-order valence-corrected chi connectivity index (χ3v) is 6.76. The molecule has 1 heterocycles. The molecule has 0 spiro atoms. The first-order valence-electron chi connectivity index (χ1n) is 9.35. The molecule has 164 valence electrons. The fourth-order valence-electron chi connectivity index (χ4n) is 3.22. The fraction of sp³-hybridized carbons (Fsp3) is 0.579. The van der Waals surface area contributed by atoms with Crippen LogP contribution in [0.4, 0.5) is 0 Å². The molecule has 0 bridgehead atoms.